The van der Waals surface area contributed by atoms with E-state index in [2.05, 4.69) is 10.6 Å². The largest absolute Gasteiger partial charge is 0.469 e. The van der Waals surface area contributed by atoms with Crippen LogP contribution in [0.3, 0.4) is 0 Å². The van der Waals surface area contributed by atoms with Gasteiger partial charge >= 0.3 is 5.97 Å². The highest BCUT2D eigenvalue weighted by Crippen LogP contribution is 2.23. The smallest absolute Gasteiger partial charge is 0.307 e. The number of carbonyl (C=O) groups is 3. The van der Waals surface area contributed by atoms with Crippen LogP contribution in [0.5, 0.6) is 0 Å². The topological polar surface area (TPSA) is 84.5 Å². The zero-order valence-electron chi connectivity index (χ0n) is 14.6. The fourth-order valence-electron chi connectivity index (χ4n) is 3.11. The predicted octanol–water partition coefficient (Wildman–Crippen LogP) is 2.10. The second kappa shape index (κ2) is 9.81. The lowest BCUT2D eigenvalue weighted by molar-refractivity contribution is -0.141. The molecule has 1 aliphatic rings. The van der Waals surface area contributed by atoms with Crippen molar-refractivity contribution in [2.24, 2.45) is 5.92 Å². The molecule has 0 aromatic heterocycles. The molecule has 25 heavy (non-hydrogen) atoms. The number of nitrogens with one attached hydrogen (secondary N) is 2. The van der Waals surface area contributed by atoms with E-state index in [4.69, 9.17) is 4.74 Å². The van der Waals surface area contributed by atoms with E-state index in [1.165, 1.54) is 13.5 Å². The Morgan fingerprint density at radius 2 is 1.80 bits per heavy atom. The Morgan fingerprint density at radius 3 is 2.44 bits per heavy atom. The van der Waals surface area contributed by atoms with Gasteiger partial charge in [0.15, 0.2) is 0 Å². The van der Waals surface area contributed by atoms with Gasteiger partial charge in [0, 0.05) is 5.92 Å². The van der Waals surface area contributed by atoms with E-state index >= 15 is 0 Å². The molecule has 2 N–H and O–H groups in total. The summed E-state index contributed by atoms with van der Waals surface area (Å²) in [5, 5.41) is 5.51. The minimum Gasteiger partial charge on any atom is -0.469 e. The quantitative estimate of drug-likeness (QED) is 0.741. The standard InChI is InChI=1S/C19H26N2O4/c1-25-18(23)12-16(14-8-4-2-5-9-14)21-17(22)13-20-19(24)15-10-6-3-7-11-15/h2,4-5,8-9,15-16H,3,6-7,10-13H2,1H3,(H,20,24)(H,21,22)/t16-/m1/s1. The number of methoxy groups -OCH3 is 1. The predicted molar refractivity (Wildman–Crippen MR) is 93.5 cm³/mol. The first-order valence-corrected chi connectivity index (χ1v) is 8.79. The summed E-state index contributed by atoms with van der Waals surface area (Å²) >= 11 is 0. The van der Waals surface area contributed by atoms with E-state index in [0.717, 1.165) is 31.2 Å². The second-order valence-electron chi connectivity index (χ2n) is 6.36. The van der Waals surface area contributed by atoms with Crippen molar-refractivity contribution in [2.45, 2.75) is 44.6 Å². The molecule has 1 aliphatic carbocycles. The first kappa shape index (κ1) is 19.0. The average Bonchev–Trinajstić information content (AvgIpc) is 2.66. The van der Waals surface area contributed by atoms with Gasteiger partial charge in [0.25, 0.3) is 0 Å². The van der Waals surface area contributed by atoms with Crippen molar-refractivity contribution in [2.75, 3.05) is 13.7 Å². The van der Waals surface area contributed by atoms with Gasteiger partial charge < -0.3 is 15.4 Å². The van der Waals surface area contributed by atoms with Gasteiger partial charge in [-0.1, -0.05) is 49.6 Å². The summed E-state index contributed by atoms with van der Waals surface area (Å²) in [7, 11) is 1.32. The molecule has 6 heteroatoms. The number of benzene rings is 1. The van der Waals surface area contributed by atoms with Gasteiger partial charge in [-0.05, 0) is 18.4 Å². The summed E-state index contributed by atoms with van der Waals surface area (Å²) in [6.45, 7) is -0.0835. The van der Waals surface area contributed by atoms with Crippen molar-refractivity contribution >= 4 is 17.8 Å². The highest BCUT2D eigenvalue weighted by atomic mass is 16.5. The fraction of sp³-hybridized carbons (Fsp3) is 0.526. The fourth-order valence-corrected chi connectivity index (χ4v) is 3.11. The van der Waals surface area contributed by atoms with Crippen LogP contribution in [0.4, 0.5) is 0 Å². The lowest BCUT2D eigenvalue weighted by atomic mass is 9.89. The highest BCUT2D eigenvalue weighted by Gasteiger charge is 2.22. The van der Waals surface area contributed by atoms with Crippen LogP contribution in [-0.4, -0.2) is 31.4 Å². The number of rotatable bonds is 7. The summed E-state index contributed by atoms with van der Waals surface area (Å²) in [6.07, 6.45) is 5.14. The highest BCUT2D eigenvalue weighted by molar-refractivity contribution is 5.86. The number of esters is 1. The third-order valence-electron chi connectivity index (χ3n) is 4.53. The number of hydrogen-bond donors (Lipinski definition) is 2. The Morgan fingerprint density at radius 1 is 1.12 bits per heavy atom. The summed E-state index contributed by atoms with van der Waals surface area (Å²) in [5.74, 6) is -0.761. The van der Waals surface area contributed by atoms with Gasteiger partial charge in [0.1, 0.15) is 0 Å². The SMILES string of the molecule is COC(=O)C[C@@H](NC(=O)CNC(=O)C1CCCCC1)c1ccccc1. The van der Waals surface area contributed by atoms with Gasteiger partial charge in [-0.2, -0.15) is 0 Å². The summed E-state index contributed by atoms with van der Waals surface area (Å²) in [5.41, 5.74) is 0.819. The van der Waals surface area contributed by atoms with Crippen molar-refractivity contribution in [3.63, 3.8) is 0 Å². The maximum absolute atomic E-state index is 12.2. The van der Waals surface area contributed by atoms with Crippen molar-refractivity contribution in [1.29, 1.82) is 0 Å². The Hall–Kier alpha value is -2.37. The Bertz CT molecular complexity index is 582. The van der Waals surface area contributed by atoms with E-state index < -0.39 is 12.0 Å². The Balaban J connectivity index is 1.88. The molecule has 0 radical (unpaired) electrons. The van der Waals surface area contributed by atoms with Crippen LogP contribution in [0.25, 0.3) is 0 Å². The van der Waals surface area contributed by atoms with Crippen molar-refractivity contribution in [1.82, 2.24) is 10.6 Å². The van der Waals surface area contributed by atoms with Gasteiger partial charge in [0.05, 0.1) is 26.1 Å². The third kappa shape index (κ3) is 6.21. The van der Waals surface area contributed by atoms with E-state index in [1.807, 2.05) is 30.3 Å². The molecular formula is C19H26N2O4. The summed E-state index contributed by atoms with van der Waals surface area (Å²) in [6, 6.07) is 8.76. The molecule has 2 amide bonds. The minimum atomic E-state index is -0.479. The molecule has 1 fully saturated rings. The van der Waals surface area contributed by atoms with Crippen LogP contribution < -0.4 is 10.6 Å². The molecule has 0 heterocycles. The summed E-state index contributed by atoms with van der Waals surface area (Å²) in [4.78, 5) is 35.9. The maximum Gasteiger partial charge on any atom is 0.307 e. The number of ether oxygens (including phenoxy) is 1. The minimum absolute atomic E-state index is 0.0153. The molecule has 136 valence electrons. The molecule has 6 nitrogen and oxygen atoms in total. The molecule has 0 bridgehead atoms. The normalized spacial score (nSPS) is 15.9. The molecule has 1 aromatic rings. The number of amides is 2. The van der Waals surface area contributed by atoms with Gasteiger partial charge in [-0.15, -0.1) is 0 Å². The van der Waals surface area contributed by atoms with E-state index in [9.17, 15) is 14.4 Å². The first-order chi connectivity index (χ1) is 12.1. The molecule has 2 rings (SSSR count). The van der Waals surface area contributed by atoms with Crippen molar-refractivity contribution < 1.29 is 19.1 Å². The first-order valence-electron chi connectivity index (χ1n) is 8.79. The molecule has 0 unspecified atom stereocenters. The van der Waals surface area contributed by atoms with E-state index in [-0.39, 0.29) is 30.7 Å². The van der Waals surface area contributed by atoms with E-state index in [0.29, 0.717) is 0 Å². The third-order valence-corrected chi connectivity index (χ3v) is 4.53. The van der Waals surface area contributed by atoms with Crippen LogP contribution in [0, 0.1) is 5.92 Å². The molecule has 0 spiro atoms. The van der Waals surface area contributed by atoms with E-state index in [1.54, 1.807) is 0 Å². The number of hydrogen-bond acceptors (Lipinski definition) is 4. The number of carbonyl (C=O) groups excluding carboxylic acids is 3. The molecule has 0 saturated heterocycles. The van der Waals surface area contributed by atoms with Crippen LogP contribution >= 0.6 is 0 Å². The zero-order valence-corrected chi connectivity index (χ0v) is 14.6. The molecule has 1 atom stereocenters. The van der Waals surface area contributed by atoms with Crippen LogP contribution in [0.15, 0.2) is 30.3 Å². The van der Waals surface area contributed by atoms with Gasteiger partial charge in [-0.3, -0.25) is 14.4 Å². The van der Waals surface area contributed by atoms with Crippen LogP contribution in [-0.2, 0) is 19.1 Å². The lowest BCUT2D eigenvalue weighted by Gasteiger charge is -2.21. The lowest BCUT2D eigenvalue weighted by Crippen LogP contribution is -2.41. The van der Waals surface area contributed by atoms with Gasteiger partial charge in [0.2, 0.25) is 11.8 Å². The zero-order chi connectivity index (χ0) is 18.1. The Labute approximate surface area is 148 Å². The molecule has 0 aliphatic heterocycles. The van der Waals surface area contributed by atoms with Crippen molar-refractivity contribution in [3.05, 3.63) is 35.9 Å². The Kier molecular flexibility index (Phi) is 7.44. The molecular weight excluding hydrogens is 320 g/mol. The summed E-state index contributed by atoms with van der Waals surface area (Å²) < 4.78 is 4.70. The monoisotopic (exact) mass is 346 g/mol. The van der Waals surface area contributed by atoms with Crippen LogP contribution in [0.1, 0.15) is 50.1 Å². The molecule has 1 saturated carbocycles. The maximum atomic E-state index is 12.2. The molecule has 1 aromatic carbocycles. The van der Waals surface area contributed by atoms with Gasteiger partial charge in [-0.25, -0.2) is 0 Å². The van der Waals surface area contributed by atoms with Crippen molar-refractivity contribution in [3.8, 4) is 0 Å². The second-order valence-corrected chi connectivity index (χ2v) is 6.36. The van der Waals surface area contributed by atoms with Crippen LogP contribution in [0.2, 0.25) is 0 Å². The average molecular weight is 346 g/mol.